The second kappa shape index (κ2) is 8.54. The first-order chi connectivity index (χ1) is 13.2. The number of likely N-dealkylation sites (tertiary alicyclic amines) is 1. The Morgan fingerprint density at radius 3 is 2.56 bits per heavy atom. The number of anilines is 3. The maximum absolute atomic E-state index is 9.76. The summed E-state index contributed by atoms with van der Waals surface area (Å²) in [5, 5.41) is 16.6. The number of rotatable bonds is 5. The predicted octanol–water partition coefficient (Wildman–Crippen LogP) is 3.77. The summed E-state index contributed by atoms with van der Waals surface area (Å²) in [5.74, 6) is 1.43. The van der Waals surface area contributed by atoms with Gasteiger partial charge in [-0.05, 0) is 60.2 Å². The number of aliphatic hydroxyl groups excluding tert-OH is 1. The van der Waals surface area contributed by atoms with Gasteiger partial charge in [-0.15, -0.1) is 0 Å². The number of aromatic nitrogens is 2. The molecular weight excluding hydrogens is 406 g/mol. The van der Waals surface area contributed by atoms with Crippen molar-refractivity contribution in [2.45, 2.75) is 50.3 Å². The van der Waals surface area contributed by atoms with E-state index in [0.717, 1.165) is 48.3 Å². The molecule has 1 aromatic heterocycles. The van der Waals surface area contributed by atoms with Crippen molar-refractivity contribution in [3.63, 3.8) is 0 Å². The Hall–Kier alpha value is -1.70. The summed E-state index contributed by atoms with van der Waals surface area (Å²) >= 11 is 3.56. The number of benzene rings is 1. The number of hydrogen-bond donors (Lipinski definition) is 3. The minimum Gasteiger partial charge on any atom is -0.392 e. The van der Waals surface area contributed by atoms with Gasteiger partial charge < -0.3 is 15.7 Å². The maximum Gasteiger partial charge on any atom is 0.229 e. The van der Waals surface area contributed by atoms with E-state index in [1.807, 2.05) is 30.3 Å². The van der Waals surface area contributed by atoms with Gasteiger partial charge in [0.15, 0.2) is 0 Å². The molecule has 144 valence electrons. The van der Waals surface area contributed by atoms with E-state index in [1.165, 1.54) is 12.8 Å². The van der Waals surface area contributed by atoms with Gasteiger partial charge in [0, 0.05) is 37.1 Å². The third-order valence-corrected chi connectivity index (χ3v) is 6.10. The highest BCUT2D eigenvalue weighted by Gasteiger charge is 2.30. The van der Waals surface area contributed by atoms with Crippen molar-refractivity contribution < 1.29 is 5.11 Å². The minimum absolute atomic E-state index is 0.131. The van der Waals surface area contributed by atoms with E-state index < -0.39 is 0 Å². The standard InChI is InChI=1S/C20H26BrN5O/c21-18-12-22-20(24-14-4-2-1-3-5-14)25-19(18)23-15-6-8-16(9-7-15)26-11-10-17(27)13-26/h1-5,12,15-17,27H,6-11,13H2,(H2,22,23,24,25). The van der Waals surface area contributed by atoms with Gasteiger partial charge in [-0.25, -0.2) is 4.98 Å². The van der Waals surface area contributed by atoms with Crippen LogP contribution in [0.1, 0.15) is 32.1 Å². The number of halogens is 1. The SMILES string of the molecule is OC1CCN(C2CCC(Nc3nc(Nc4ccccc4)ncc3Br)CC2)C1. The van der Waals surface area contributed by atoms with Crippen LogP contribution in [0.25, 0.3) is 0 Å². The molecule has 7 heteroatoms. The van der Waals surface area contributed by atoms with E-state index >= 15 is 0 Å². The summed E-state index contributed by atoms with van der Waals surface area (Å²) in [6, 6.07) is 11.0. The molecule has 2 aliphatic rings. The molecule has 1 aromatic carbocycles. The molecule has 1 aliphatic heterocycles. The molecule has 2 aromatic rings. The molecule has 0 spiro atoms. The molecule has 0 radical (unpaired) electrons. The molecule has 2 heterocycles. The summed E-state index contributed by atoms with van der Waals surface area (Å²) in [5.41, 5.74) is 0.971. The number of hydrogen-bond acceptors (Lipinski definition) is 6. The Bertz CT molecular complexity index is 751. The van der Waals surface area contributed by atoms with Gasteiger partial charge in [0.2, 0.25) is 5.95 Å². The Morgan fingerprint density at radius 2 is 1.85 bits per heavy atom. The maximum atomic E-state index is 9.76. The number of β-amino-alcohol motifs (C(OH)–C–C–N with tert-alkyl or cyclic N) is 1. The molecule has 0 bridgehead atoms. The van der Waals surface area contributed by atoms with E-state index in [2.05, 4.69) is 41.4 Å². The first-order valence-corrected chi connectivity index (χ1v) is 10.5. The molecule has 1 saturated heterocycles. The van der Waals surface area contributed by atoms with Gasteiger partial charge in [-0.2, -0.15) is 4.98 Å². The van der Waals surface area contributed by atoms with Crippen LogP contribution in [-0.4, -0.2) is 51.3 Å². The Kier molecular flexibility index (Phi) is 5.90. The van der Waals surface area contributed by atoms with Crippen molar-refractivity contribution in [1.29, 1.82) is 0 Å². The summed E-state index contributed by atoms with van der Waals surface area (Å²) in [6.45, 7) is 1.88. The summed E-state index contributed by atoms with van der Waals surface area (Å²) < 4.78 is 0.880. The van der Waals surface area contributed by atoms with E-state index in [1.54, 1.807) is 6.20 Å². The first-order valence-electron chi connectivity index (χ1n) is 9.70. The Balaban J connectivity index is 1.35. The van der Waals surface area contributed by atoms with Gasteiger partial charge >= 0.3 is 0 Å². The second-order valence-corrected chi connectivity index (χ2v) is 8.32. The molecule has 0 amide bonds. The van der Waals surface area contributed by atoms with Crippen LogP contribution in [0.2, 0.25) is 0 Å². The predicted molar refractivity (Wildman–Crippen MR) is 111 cm³/mol. The van der Waals surface area contributed by atoms with Crippen LogP contribution in [-0.2, 0) is 0 Å². The molecule has 1 aliphatic carbocycles. The molecule has 6 nitrogen and oxygen atoms in total. The second-order valence-electron chi connectivity index (χ2n) is 7.47. The number of aliphatic hydroxyl groups is 1. The fraction of sp³-hybridized carbons (Fsp3) is 0.500. The lowest BCUT2D eigenvalue weighted by molar-refractivity contribution is 0.140. The zero-order valence-corrected chi connectivity index (χ0v) is 16.9. The lowest BCUT2D eigenvalue weighted by atomic mass is 9.90. The normalized spacial score (nSPS) is 26.1. The van der Waals surface area contributed by atoms with E-state index in [0.29, 0.717) is 18.0 Å². The summed E-state index contributed by atoms with van der Waals surface area (Å²) in [4.78, 5) is 11.5. The zero-order chi connectivity index (χ0) is 18.6. The summed E-state index contributed by atoms with van der Waals surface area (Å²) in [7, 11) is 0. The highest BCUT2D eigenvalue weighted by atomic mass is 79.9. The molecule has 27 heavy (non-hydrogen) atoms. The van der Waals surface area contributed by atoms with Crippen LogP contribution in [0.4, 0.5) is 17.5 Å². The first kappa shape index (κ1) is 18.7. The highest BCUT2D eigenvalue weighted by Crippen LogP contribution is 2.30. The molecule has 1 saturated carbocycles. The molecule has 2 fully saturated rings. The average Bonchev–Trinajstić information content (AvgIpc) is 3.12. The van der Waals surface area contributed by atoms with E-state index in [-0.39, 0.29) is 6.10 Å². The molecular formula is C20H26BrN5O. The summed E-state index contributed by atoms with van der Waals surface area (Å²) in [6.07, 6.45) is 7.16. The minimum atomic E-state index is -0.131. The smallest absolute Gasteiger partial charge is 0.229 e. The monoisotopic (exact) mass is 431 g/mol. The van der Waals surface area contributed by atoms with Gasteiger partial charge in [0.1, 0.15) is 5.82 Å². The lowest BCUT2D eigenvalue weighted by Gasteiger charge is -2.35. The fourth-order valence-corrected chi connectivity index (χ4v) is 4.36. The number of nitrogens with zero attached hydrogens (tertiary/aromatic N) is 3. The van der Waals surface area contributed by atoms with Crippen molar-refractivity contribution in [3.05, 3.63) is 41.0 Å². The lowest BCUT2D eigenvalue weighted by Crippen LogP contribution is -2.39. The van der Waals surface area contributed by atoms with Gasteiger partial charge in [0.05, 0.1) is 10.6 Å². The van der Waals surface area contributed by atoms with Crippen molar-refractivity contribution in [2.75, 3.05) is 23.7 Å². The van der Waals surface area contributed by atoms with E-state index in [4.69, 9.17) is 0 Å². The largest absolute Gasteiger partial charge is 0.392 e. The molecule has 1 unspecified atom stereocenters. The molecule has 3 N–H and O–H groups in total. The Morgan fingerprint density at radius 1 is 1.07 bits per heavy atom. The number of nitrogens with one attached hydrogen (secondary N) is 2. The fourth-order valence-electron chi connectivity index (χ4n) is 4.06. The van der Waals surface area contributed by atoms with Crippen LogP contribution >= 0.6 is 15.9 Å². The average molecular weight is 432 g/mol. The van der Waals surface area contributed by atoms with Crippen molar-refractivity contribution in [2.24, 2.45) is 0 Å². The number of para-hydroxylation sites is 1. The molecule has 1 atom stereocenters. The quantitative estimate of drug-likeness (QED) is 0.668. The van der Waals surface area contributed by atoms with Crippen LogP contribution in [0.3, 0.4) is 0 Å². The van der Waals surface area contributed by atoms with E-state index in [9.17, 15) is 5.11 Å². The van der Waals surface area contributed by atoms with Crippen LogP contribution < -0.4 is 10.6 Å². The highest BCUT2D eigenvalue weighted by molar-refractivity contribution is 9.10. The van der Waals surface area contributed by atoms with Crippen molar-refractivity contribution in [1.82, 2.24) is 14.9 Å². The van der Waals surface area contributed by atoms with Crippen molar-refractivity contribution in [3.8, 4) is 0 Å². The van der Waals surface area contributed by atoms with Gasteiger partial charge in [-0.1, -0.05) is 18.2 Å². The third-order valence-electron chi connectivity index (χ3n) is 5.52. The van der Waals surface area contributed by atoms with Crippen LogP contribution in [0.5, 0.6) is 0 Å². The van der Waals surface area contributed by atoms with Crippen LogP contribution in [0.15, 0.2) is 41.0 Å². The van der Waals surface area contributed by atoms with Gasteiger partial charge in [-0.3, -0.25) is 4.90 Å². The van der Waals surface area contributed by atoms with Gasteiger partial charge in [0.25, 0.3) is 0 Å². The Labute approximate surface area is 168 Å². The zero-order valence-electron chi connectivity index (χ0n) is 15.3. The van der Waals surface area contributed by atoms with Crippen molar-refractivity contribution >= 4 is 33.4 Å². The topological polar surface area (TPSA) is 73.3 Å². The molecule has 4 rings (SSSR count). The van der Waals surface area contributed by atoms with Crippen LogP contribution in [0, 0.1) is 0 Å². The third kappa shape index (κ3) is 4.78.